The summed E-state index contributed by atoms with van der Waals surface area (Å²) < 4.78 is 143. The molecule has 72 heavy (non-hydrogen) atoms. The third-order valence-electron chi connectivity index (χ3n) is 12.5. The summed E-state index contributed by atoms with van der Waals surface area (Å²) in [4.78, 5) is 24.8. The highest BCUT2D eigenvalue weighted by Crippen LogP contribution is 2.47. The van der Waals surface area contributed by atoms with Crippen LogP contribution >= 0.6 is 0 Å². The van der Waals surface area contributed by atoms with Crippen LogP contribution in [0.2, 0.25) is 0 Å². The number of carboxylic acids is 2. The quantitative estimate of drug-likeness (QED) is 0.0186. The fourth-order valence-electron chi connectivity index (χ4n) is 8.20. The summed E-state index contributed by atoms with van der Waals surface area (Å²) in [6, 6.07) is 7.25. The second-order valence-electron chi connectivity index (χ2n) is 17.9. The molecule has 4 rings (SSSR count). The van der Waals surface area contributed by atoms with Gasteiger partial charge in [-0.2, -0.15) is 16.8 Å². The Morgan fingerprint density at radius 2 is 1.04 bits per heavy atom. The third kappa shape index (κ3) is 15.7. The molecule has 2 unspecified atom stereocenters. The van der Waals surface area contributed by atoms with Gasteiger partial charge in [0.05, 0.1) is 35.0 Å². The zero-order valence-corrected chi connectivity index (χ0v) is 44.3. The van der Waals surface area contributed by atoms with Crippen molar-refractivity contribution in [3.05, 3.63) is 36.4 Å². The average molecular weight is 1100 g/mol. The van der Waals surface area contributed by atoms with E-state index < -0.39 is 90.1 Å². The molecule has 28 heteroatoms. The lowest BCUT2D eigenvalue weighted by molar-refractivity contribution is -0.140. The molecule has 2 atom stereocenters. The van der Waals surface area contributed by atoms with Crippen molar-refractivity contribution in [3.63, 3.8) is 0 Å². The molecule has 0 aliphatic carbocycles. The predicted octanol–water partition coefficient (Wildman–Crippen LogP) is 2.43. The van der Waals surface area contributed by atoms with Gasteiger partial charge in [0.1, 0.15) is 17.8 Å². The highest BCUT2D eigenvalue weighted by Gasteiger charge is 2.36. The van der Waals surface area contributed by atoms with Gasteiger partial charge >= 0.3 is 32.7 Å². The number of rotatable bonds is 35. The van der Waals surface area contributed by atoms with Gasteiger partial charge < -0.3 is 42.0 Å². The molecule has 4 aromatic carbocycles. The lowest BCUT2D eigenvalue weighted by Gasteiger charge is -2.31. The third-order valence-corrected chi connectivity index (χ3v) is 17.1. The van der Waals surface area contributed by atoms with Crippen LogP contribution in [-0.4, -0.2) is 173 Å². The van der Waals surface area contributed by atoms with Gasteiger partial charge in [-0.15, -0.1) is 0 Å². The van der Waals surface area contributed by atoms with Crippen LogP contribution in [0.3, 0.4) is 0 Å². The number of carboxylic acid groups (broad SMARTS) is 2. The van der Waals surface area contributed by atoms with Crippen LogP contribution in [0.25, 0.3) is 32.3 Å². The molecule has 0 bridgehead atoms. The molecule has 24 nitrogen and oxygen atoms in total. The first-order valence-electron chi connectivity index (χ1n) is 23.2. The molecular weight excluding hydrogens is 1030 g/mol. The molecule has 0 fully saturated rings. The molecule has 10 N–H and O–H groups in total. The molecule has 0 saturated carbocycles. The number of aliphatic carboxylic acids is 2. The Labute approximate surface area is 421 Å². The van der Waals surface area contributed by atoms with E-state index in [2.05, 4.69) is 19.0 Å². The second kappa shape index (κ2) is 25.9. The van der Waals surface area contributed by atoms with Crippen molar-refractivity contribution >= 4 is 90.8 Å². The Balaban J connectivity index is 1.91. The van der Waals surface area contributed by atoms with Crippen molar-refractivity contribution in [1.82, 2.24) is 19.2 Å². The number of anilines is 1. The number of sulfonamides is 2. The van der Waals surface area contributed by atoms with Crippen molar-refractivity contribution in [1.29, 1.82) is 0 Å². The van der Waals surface area contributed by atoms with Crippen LogP contribution in [0.5, 0.6) is 5.75 Å². The topological polar surface area (TPSA) is 365 Å². The molecule has 406 valence electrons. The molecular formula is C44H69N7O17S4. The standard InChI is InChI=1S/C44H69N7O17S4/c1-6-44(28-67-71(60,61)62,29-68-72(63,64)65)27-66-37-25-36(49(2)3)30-15-17-32-38(69(56,57)50(4)23-11-21-47-34(42(52)53)13-7-9-19-45)26-39(33-18-16-31(37)40(30)41(32)33)70(58,59)51(5)24-12-22-48-35(43(54)55)14-8-10-20-46/h15-18,25-26,34-35,47-48H,6-14,19-24,27-29,45-46H2,1-5H3,(H,52,53)(H,54,55)(H,60,61,62)(H,63,64,65). The van der Waals surface area contributed by atoms with Crippen molar-refractivity contribution in [2.24, 2.45) is 16.9 Å². The number of nitrogens with one attached hydrogen (secondary N) is 2. The summed E-state index contributed by atoms with van der Waals surface area (Å²) >= 11 is 0. The van der Waals surface area contributed by atoms with Gasteiger partial charge in [-0.1, -0.05) is 38.0 Å². The van der Waals surface area contributed by atoms with E-state index in [0.717, 1.165) is 14.7 Å². The lowest BCUT2D eigenvalue weighted by Crippen LogP contribution is -2.39. The molecule has 0 aliphatic rings. The summed E-state index contributed by atoms with van der Waals surface area (Å²) in [6.07, 6.45) is 3.32. The number of carbonyl (C=O) groups is 2. The largest absolute Gasteiger partial charge is 0.492 e. The van der Waals surface area contributed by atoms with Gasteiger partial charge in [0.15, 0.2) is 0 Å². The molecule has 0 amide bonds. The van der Waals surface area contributed by atoms with Gasteiger partial charge in [0.25, 0.3) is 0 Å². The molecule has 0 radical (unpaired) electrons. The van der Waals surface area contributed by atoms with E-state index in [1.807, 2.05) is 0 Å². The Morgan fingerprint density at radius 1 is 0.625 bits per heavy atom. The maximum Gasteiger partial charge on any atom is 0.397 e. The highest BCUT2D eigenvalue weighted by atomic mass is 32.3. The Bertz CT molecular complexity index is 2820. The van der Waals surface area contributed by atoms with Crippen LogP contribution in [0.1, 0.15) is 64.7 Å². The van der Waals surface area contributed by atoms with Gasteiger partial charge in [0.2, 0.25) is 20.0 Å². The van der Waals surface area contributed by atoms with Crippen LogP contribution in [-0.2, 0) is 58.8 Å². The lowest BCUT2D eigenvalue weighted by atomic mass is 9.88. The van der Waals surface area contributed by atoms with Gasteiger partial charge in [-0.05, 0) is 83.3 Å². The van der Waals surface area contributed by atoms with E-state index in [-0.39, 0.29) is 77.1 Å². The molecule has 0 aliphatic heterocycles. The van der Waals surface area contributed by atoms with E-state index in [9.17, 15) is 62.6 Å². The summed E-state index contributed by atoms with van der Waals surface area (Å²) in [7, 11) is -13.2. The maximum absolute atomic E-state index is 14.9. The maximum atomic E-state index is 14.9. The first-order chi connectivity index (χ1) is 33.6. The summed E-state index contributed by atoms with van der Waals surface area (Å²) in [5.41, 5.74) is 9.99. The van der Waals surface area contributed by atoms with Crippen molar-refractivity contribution in [2.45, 2.75) is 86.6 Å². The van der Waals surface area contributed by atoms with Crippen molar-refractivity contribution in [3.8, 4) is 5.75 Å². The molecule has 0 spiro atoms. The number of hydrogen-bond donors (Lipinski definition) is 8. The van der Waals surface area contributed by atoms with E-state index in [4.69, 9.17) is 16.2 Å². The van der Waals surface area contributed by atoms with Gasteiger partial charge in [-0.25, -0.2) is 33.8 Å². The fraction of sp³-hybridized carbons (Fsp3) is 0.591. The summed E-state index contributed by atoms with van der Waals surface area (Å²) in [5, 5.41) is 27.0. The van der Waals surface area contributed by atoms with Crippen molar-refractivity contribution in [2.75, 3.05) is 92.2 Å². The number of hydrogen-bond acceptors (Lipinski definition) is 18. The monoisotopic (exact) mass is 1100 g/mol. The van der Waals surface area contributed by atoms with Gasteiger partial charge in [0, 0.05) is 85.4 Å². The highest BCUT2D eigenvalue weighted by molar-refractivity contribution is 7.90. The van der Waals surface area contributed by atoms with Crippen LogP contribution in [0, 0.1) is 5.41 Å². The Kier molecular flexibility index (Phi) is 21.7. The number of benzene rings is 4. The zero-order valence-electron chi connectivity index (χ0n) is 41.1. The SMILES string of the molecule is CCC(COc1cc(N(C)C)c2ccc3c(S(=O)(=O)N(C)CCCNC(CCCCN)C(=O)O)cc(S(=O)(=O)N(C)CCCNC(CCCCN)C(=O)O)c4ccc1c2c43)(COS(=O)(=O)O)COS(=O)(=O)O. The normalized spacial score (nSPS) is 14.0. The zero-order chi connectivity index (χ0) is 53.8. The molecule has 4 aromatic rings. The smallest absolute Gasteiger partial charge is 0.397 e. The second-order valence-corrected chi connectivity index (χ2v) is 24.1. The Hall–Kier alpha value is -4.14. The number of nitrogens with two attached hydrogens (primary N) is 2. The van der Waals surface area contributed by atoms with Crippen LogP contribution < -0.4 is 31.7 Å². The minimum absolute atomic E-state index is 0.0795. The van der Waals surface area contributed by atoms with Crippen LogP contribution in [0.4, 0.5) is 5.69 Å². The van der Waals surface area contributed by atoms with Crippen LogP contribution in [0.15, 0.2) is 46.2 Å². The minimum atomic E-state index is -5.06. The minimum Gasteiger partial charge on any atom is -0.492 e. The first-order valence-corrected chi connectivity index (χ1v) is 28.8. The number of nitrogens with zero attached hydrogens (tertiary/aromatic N) is 3. The average Bonchev–Trinajstić information content (AvgIpc) is 3.30. The summed E-state index contributed by atoms with van der Waals surface area (Å²) in [6.45, 7) is 0.154. The van der Waals surface area contributed by atoms with Gasteiger partial charge in [-0.3, -0.25) is 18.7 Å². The fourth-order valence-corrected chi connectivity index (χ4v) is 11.9. The number of ether oxygens (including phenoxy) is 1. The van der Waals surface area contributed by atoms with E-state index >= 15 is 0 Å². The molecule has 0 saturated heterocycles. The molecule has 0 aromatic heterocycles. The first kappa shape index (κ1) is 60.4. The molecule has 0 heterocycles. The van der Waals surface area contributed by atoms with E-state index in [1.165, 1.54) is 27.1 Å². The van der Waals surface area contributed by atoms with Crippen molar-refractivity contribution < 1.29 is 75.7 Å². The van der Waals surface area contributed by atoms with E-state index in [1.54, 1.807) is 43.3 Å². The summed E-state index contributed by atoms with van der Waals surface area (Å²) in [5.74, 6) is -2.03. The predicted molar refractivity (Wildman–Crippen MR) is 271 cm³/mol. The van der Waals surface area contributed by atoms with E-state index in [0.29, 0.717) is 73.5 Å². The number of unbranched alkanes of at least 4 members (excludes halogenated alkanes) is 2. The Morgan fingerprint density at radius 3 is 1.43 bits per heavy atom.